The zero-order chi connectivity index (χ0) is 12.8. The summed E-state index contributed by atoms with van der Waals surface area (Å²) >= 11 is 0. The number of aliphatic hydroxyl groups is 1. The molecule has 1 rings (SSSR count). The highest BCUT2D eigenvalue weighted by atomic mass is 19.1. The van der Waals surface area contributed by atoms with E-state index in [0.29, 0.717) is 12.8 Å². The molecule has 0 spiro atoms. The smallest absolute Gasteiger partial charge is 0.224 e. The van der Waals surface area contributed by atoms with Crippen molar-refractivity contribution in [2.75, 3.05) is 11.9 Å². The van der Waals surface area contributed by atoms with Crippen LogP contribution in [0.2, 0.25) is 0 Å². The number of benzene rings is 1. The monoisotopic (exact) mass is 243 g/mol. The normalized spacial score (nSPS) is 10.4. The van der Waals surface area contributed by atoms with E-state index < -0.39 is 23.2 Å². The van der Waals surface area contributed by atoms with Crippen molar-refractivity contribution in [1.29, 1.82) is 0 Å². The second-order valence-electron chi connectivity index (χ2n) is 3.78. The van der Waals surface area contributed by atoms with Gasteiger partial charge in [-0.15, -0.1) is 0 Å². The van der Waals surface area contributed by atoms with Crippen LogP contribution in [0.3, 0.4) is 0 Å². The molecular weight excluding hydrogens is 228 g/mol. The number of carbonyl (C=O) groups excluding carboxylic acids is 1. The molecule has 0 radical (unpaired) electrons. The lowest BCUT2D eigenvalue weighted by Crippen LogP contribution is -2.14. The second-order valence-corrected chi connectivity index (χ2v) is 3.78. The van der Waals surface area contributed by atoms with Crippen LogP contribution in [-0.4, -0.2) is 17.6 Å². The van der Waals surface area contributed by atoms with Crippen molar-refractivity contribution in [1.82, 2.24) is 0 Å². The molecule has 94 valence electrons. The maximum Gasteiger partial charge on any atom is 0.224 e. The minimum atomic E-state index is -0.788. The lowest BCUT2D eigenvalue weighted by atomic mass is 10.2. The summed E-state index contributed by atoms with van der Waals surface area (Å²) in [6.07, 6.45) is 1.11. The minimum absolute atomic E-state index is 0.000444. The molecular formula is C12H15F2NO2. The molecule has 0 bridgehead atoms. The van der Waals surface area contributed by atoms with E-state index in [4.69, 9.17) is 5.11 Å². The average molecular weight is 243 g/mol. The molecule has 17 heavy (non-hydrogen) atoms. The number of nitrogens with one attached hydrogen (secondary N) is 1. The molecule has 1 aromatic rings. The summed E-state index contributed by atoms with van der Waals surface area (Å²) in [7, 11) is 0. The number of anilines is 1. The van der Waals surface area contributed by atoms with Crippen LogP contribution in [0.1, 0.15) is 24.8 Å². The van der Waals surface area contributed by atoms with E-state index in [9.17, 15) is 13.6 Å². The molecule has 0 aliphatic rings. The van der Waals surface area contributed by atoms with Gasteiger partial charge in [0, 0.05) is 13.0 Å². The van der Waals surface area contributed by atoms with Gasteiger partial charge in [-0.2, -0.15) is 0 Å². The molecule has 3 nitrogen and oxygen atoms in total. The number of aryl methyl sites for hydroxylation is 1. The summed E-state index contributed by atoms with van der Waals surface area (Å²) in [5.74, 6) is -1.99. The van der Waals surface area contributed by atoms with Crippen LogP contribution >= 0.6 is 0 Å². The highest BCUT2D eigenvalue weighted by Crippen LogP contribution is 2.21. The number of hydrogen-bond acceptors (Lipinski definition) is 2. The molecule has 1 aromatic carbocycles. The predicted molar refractivity (Wildman–Crippen MR) is 60.7 cm³/mol. The van der Waals surface area contributed by atoms with Crippen LogP contribution in [0.4, 0.5) is 14.5 Å². The Labute approximate surface area is 98.5 Å². The van der Waals surface area contributed by atoms with Gasteiger partial charge in [0.1, 0.15) is 11.5 Å². The Bertz CT molecular complexity index is 408. The summed E-state index contributed by atoms with van der Waals surface area (Å²) in [6, 6.07) is 2.42. The minimum Gasteiger partial charge on any atom is -0.396 e. The van der Waals surface area contributed by atoms with Crippen molar-refractivity contribution in [3.8, 4) is 0 Å². The zero-order valence-electron chi connectivity index (χ0n) is 9.59. The van der Waals surface area contributed by atoms with Crippen LogP contribution in [-0.2, 0) is 4.79 Å². The number of unbranched alkanes of at least 4 members (excludes halogenated alkanes) is 1. The first-order chi connectivity index (χ1) is 8.06. The van der Waals surface area contributed by atoms with Gasteiger partial charge in [-0.05, 0) is 31.4 Å². The highest BCUT2D eigenvalue weighted by molar-refractivity contribution is 5.91. The van der Waals surface area contributed by atoms with E-state index in [-0.39, 0.29) is 18.6 Å². The van der Waals surface area contributed by atoms with Crippen molar-refractivity contribution in [3.63, 3.8) is 0 Å². The van der Waals surface area contributed by atoms with E-state index in [2.05, 4.69) is 5.32 Å². The highest BCUT2D eigenvalue weighted by Gasteiger charge is 2.13. The van der Waals surface area contributed by atoms with Crippen molar-refractivity contribution in [2.24, 2.45) is 0 Å². The summed E-state index contributed by atoms with van der Waals surface area (Å²) < 4.78 is 26.8. The topological polar surface area (TPSA) is 49.3 Å². The van der Waals surface area contributed by atoms with Gasteiger partial charge in [0.2, 0.25) is 5.91 Å². The van der Waals surface area contributed by atoms with E-state index in [0.717, 1.165) is 6.07 Å². The Morgan fingerprint density at radius 3 is 2.71 bits per heavy atom. The van der Waals surface area contributed by atoms with Crippen molar-refractivity contribution < 1.29 is 18.7 Å². The molecule has 2 N–H and O–H groups in total. The third kappa shape index (κ3) is 3.78. The maximum atomic E-state index is 13.5. The van der Waals surface area contributed by atoms with Crippen LogP contribution < -0.4 is 5.32 Å². The Morgan fingerprint density at radius 1 is 1.35 bits per heavy atom. The molecule has 0 fully saturated rings. The van der Waals surface area contributed by atoms with E-state index in [1.54, 1.807) is 0 Å². The Kier molecular flexibility index (Phi) is 5.03. The van der Waals surface area contributed by atoms with Gasteiger partial charge in [0.15, 0.2) is 5.82 Å². The molecule has 0 saturated carbocycles. The molecule has 0 unspecified atom stereocenters. The summed E-state index contributed by atoms with van der Waals surface area (Å²) in [4.78, 5) is 11.4. The molecule has 5 heteroatoms. The number of carbonyl (C=O) groups is 1. The van der Waals surface area contributed by atoms with Crippen LogP contribution in [0.25, 0.3) is 0 Å². The summed E-state index contributed by atoms with van der Waals surface area (Å²) in [6.45, 7) is 1.50. The molecule has 0 saturated heterocycles. The second kappa shape index (κ2) is 6.30. The van der Waals surface area contributed by atoms with Gasteiger partial charge in [-0.1, -0.05) is 6.07 Å². The standard InChI is InChI=1S/C12H15F2NO2/c1-8-5-6-9(13)12(11(8)14)15-10(17)4-2-3-7-16/h5-6,16H,2-4,7H2,1H3,(H,15,17). The summed E-state index contributed by atoms with van der Waals surface area (Å²) in [5.41, 5.74) is -0.129. The van der Waals surface area contributed by atoms with Crippen LogP contribution in [0.5, 0.6) is 0 Å². The molecule has 0 heterocycles. The third-order valence-electron chi connectivity index (χ3n) is 2.36. The lowest BCUT2D eigenvalue weighted by Gasteiger charge is -2.08. The fourth-order valence-corrected chi connectivity index (χ4v) is 1.37. The van der Waals surface area contributed by atoms with Gasteiger partial charge in [0.05, 0.1) is 0 Å². The number of hydrogen-bond donors (Lipinski definition) is 2. The van der Waals surface area contributed by atoms with E-state index in [1.165, 1.54) is 13.0 Å². The zero-order valence-corrected chi connectivity index (χ0v) is 9.59. The number of halogens is 2. The fraction of sp³-hybridized carbons (Fsp3) is 0.417. The number of amides is 1. The van der Waals surface area contributed by atoms with Gasteiger partial charge < -0.3 is 10.4 Å². The van der Waals surface area contributed by atoms with Crippen LogP contribution in [0.15, 0.2) is 12.1 Å². The predicted octanol–water partition coefficient (Wildman–Crippen LogP) is 2.37. The van der Waals surface area contributed by atoms with Crippen LogP contribution in [0, 0.1) is 18.6 Å². The van der Waals surface area contributed by atoms with Gasteiger partial charge >= 0.3 is 0 Å². The molecule has 0 atom stereocenters. The Balaban J connectivity index is 2.68. The van der Waals surface area contributed by atoms with Crippen molar-refractivity contribution in [3.05, 3.63) is 29.3 Å². The number of aliphatic hydroxyl groups excluding tert-OH is 1. The van der Waals surface area contributed by atoms with Gasteiger partial charge in [-0.3, -0.25) is 4.79 Å². The first kappa shape index (κ1) is 13.6. The molecule has 0 aliphatic carbocycles. The molecule has 0 aromatic heterocycles. The van der Waals surface area contributed by atoms with E-state index in [1.807, 2.05) is 0 Å². The lowest BCUT2D eigenvalue weighted by molar-refractivity contribution is -0.116. The van der Waals surface area contributed by atoms with Crippen molar-refractivity contribution in [2.45, 2.75) is 26.2 Å². The first-order valence-electron chi connectivity index (χ1n) is 5.41. The van der Waals surface area contributed by atoms with E-state index >= 15 is 0 Å². The quantitative estimate of drug-likeness (QED) is 0.780. The maximum absolute atomic E-state index is 13.5. The number of rotatable bonds is 5. The fourth-order valence-electron chi connectivity index (χ4n) is 1.37. The first-order valence-corrected chi connectivity index (χ1v) is 5.41. The average Bonchev–Trinajstić information content (AvgIpc) is 2.30. The Hall–Kier alpha value is -1.49. The van der Waals surface area contributed by atoms with Gasteiger partial charge in [-0.25, -0.2) is 8.78 Å². The van der Waals surface area contributed by atoms with Crippen molar-refractivity contribution >= 4 is 11.6 Å². The largest absolute Gasteiger partial charge is 0.396 e. The Morgan fingerprint density at radius 2 is 2.06 bits per heavy atom. The summed E-state index contributed by atoms with van der Waals surface area (Å²) in [5, 5.41) is 10.7. The SMILES string of the molecule is Cc1ccc(F)c(NC(=O)CCCCO)c1F. The molecule has 0 aliphatic heterocycles. The third-order valence-corrected chi connectivity index (χ3v) is 2.36. The van der Waals surface area contributed by atoms with Gasteiger partial charge in [0.25, 0.3) is 0 Å². The molecule has 1 amide bonds.